The number of piperidine rings is 1. The highest BCUT2D eigenvalue weighted by atomic mass is 32.2. The van der Waals surface area contributed by atoms with Gasteiger partial charge in [-0.05, 0) is 62.3 Å². The average Bonchev–Trinajstić information content (AvgIpc) is 3.35. The van der Waals surface area contributed by atoms with Crippen molar-refractivity contribution >= 4 is 15.9 Å². The van der Waals surface area contributed by atoms with E-state index in [1.54, 1.807) is 16.4 Å². The van der Waals surface area contributed by atoms with E-state index < -0.39 is 10.0 Å². The topological polar surface area (TPSA) is 69.7 Å². The van der Waals surface area contributed by atoms with Crippen LogP contribution in [0.15, 0.2) is 53.4 Å². The van der Waals surface area contributed by atoms with Crippen LogP contribution in [-0.4, -0.2) is 55.8 Å². The summed E-state index contributed by atoms with van der Waals surface area (Å²) in [4.78, 5) is 15.3. The maximum absolute atomic E-state index is 12.6. The summed E-state index contributed by atoms with van der Waals surface area (Å²) in [5, 5.41) is 3.19. The highest BCUT2D eigenvalue weighted by molar-refractivity contribution is 7.89. The Labute approximate surface area is 198 Å². The molecule has 0 bridgehead atoms. The number of nitrogens with zero attached hydrogens (tertiary/aromatic N) is 2. The number of hydrogen-bond donors (Lipinski definition) is 1. The van der Waals surface area contributed by atoms with Crippen LogP contribution in [0.1, 0.15) is 48.8 Å². The molecule has 2 aliphatic rings. The third-order valence-corrected chi connectivity index (χ3v) is 8.62. The molecule has 2 aromatic carbocycles. The van der Waals surface area contributed by atoms with Crippen LogP contribution in [0.2, 0.25) is 0 Å². The van der Waals surface area contributed by atoms with Gasteiger partial charge in [0.05, 0.1) is 4.90 Å². The number of rotatable bonds is 8. The SMILES string of the molecule is Cc1cccc(CN2CCC(NC(=O)CCc3ccc(S(=O)(=O)N4CCCC4)cc3)CC2)c1. The molecule has 0 aliphatic carbocycles. The van der Waals surface area contributed by atoms with Crippen molar-refractivity contribution in [3.8, 4) is 0 Å². The number of nitrogens with one attached hydrogen (secondary N) is 1. The van der Waals surface area contributed by atoms with Crippen LogP contribution < -0.4 is 5.32 Å². The number of carbonyl (C=O) groups is 1. The second-order valence-corrected chi connectivity index (χ2v) is 11.3. The van der Waals surface area contributed by atoms with Crippen LogP contribution in [-0.2, 0) is 27.8 Å². The Morgan fingerprint density at radius 3 is 2.33 bits per heavy atom. The molecule has 0 aromatic heterocycles. The molecule has 0 atom stereocenters. The van der Waals surface area contributed by atoms with Gasteiger partial charge in [-0.2, -0.15) is 4.31 Å². The van der Waals surface area contributed by atoms with Crippen LogP contribution in [0.4, 0.5) is 0 Å². The average molecular weight is 470 g/mol. The molecule has 2 saturated heterocycles. The summed E-state index contributed by atoms with van der Waals surface area (Å²) in [6.07, 6.45) is 4.83. The van der Waals surface area contributed by atoms with E-state index in [4.69, 9.17) is 0 Å². The number of sulfonamides is 1. The van der Waals surface area contributed by atoms with Crippen molar-refractivity contribution in [3.63, 3.8) is 0 Å². The number of hydrogen-bond acceptors (Lipinski definition) is 4. The summed E-state index contributed by atoms with van der Waals surface area (Å²) >= 11 is 0. The van der Waals surface area contributed by atoms with Crippen molar-refractivity contribution in [2.24, 2.45) is 0 Å². The van der Waals surface area contributed by atoms with Gasteiger partial charge in [-0.25, -0.2) is 8.42 Å². The highest BCUT2D eigenvalue weighted by Crippen LogP contribution is 2.21. The first kappa shape index (κ1) is 23.9. The lowest BCUT2D eigenvalue weighted by Gasteiger charge is -2.32. The second-order valence-electron chi connectivity index (χ2n) is 9.36. The molecule has 0 spiro atoms. The van der Waals surface area contributed by atoms with Crippen molar-refractivity contribution < 1.29 is 13.2 Å². The van der Waals surface area contributed by atoms with Gasteiger partial charge in [-0.1, -0.05) is 42.0 Å². The zero-order valence-corrected chi connectivity index (χ0v) is 20.3. The fourth-order valence-electron chi connectivity index (χ4n) is 4.77. The van der Waals surface area contributed by atoms with E-state index in [1.807, 2.05) is 12.1 Å². The van der Waals surface area contributed by atoms with Crippen LogP contribution in [0.3, 0.4) is 0 Å². The smallest absolute Gasteiger partial charge is 0.243 e. The van der Waals surface area contributed by atoms with Gasteiger partial charge in [-0.15, -0.1) is 0 Å². The summed E-state index contributed by atoms with van der Waals surface area (Å²) in [6, 6.07) is 15.9. The van der Waals surface area contributed by atoms with E-state index >= 15 is 0 Å². The van der Waals surface area contributed by atoms with Crippen molar-refractivity contribution in [1.29, 1.82) is 0 Å². The molecule has 2 aliphatic heterocycles. The molecule has 0 unspecified atom stereocenters. The van der Waals surface area contributed by atoms with Crippen molar-refractivity contribution in [2.45, 2.75) is 62.9 Å². The first-order chi connectivity index (χ1) is 15.9. The standard InChI is InChI=1S/C26H35N3O3S/c1-21-5-4-6-23(19-21)20-28-17-13-24(14-18-28)27-26(30)12-9-22-7-10-25(11-8-22)33(31,32)29-15-2-3-16-29/h4-8,10-11,19,24H,2-3,9,12-18,20H2,1H3,(H,27,30). The molecule has 2 fully saturated rings. The largest absolute Gasteiger partial charge is 0.353 e. The third kappa shape index (κ3) is 6.43. The summed E-state index contributed by atoms with van der Waals surface area (Å²) in [5.41, 5.74) is 3.62. The molecule has 0 saturated carbocycles. The lowest BCUT2D eigenvalue weighted by Crippen LogP contribution is -2.44. The van der Waals surface area contributed by atoms with Gasteiger partial charge in [0.25, 0.3) is 0 Å². The first-order valence-corrected chi connectivity index (χ1v) is 13.5. The maximum atomic E-state index is 12.6. The Morgan fingerprint density at radius 2 is 1.67 bits per heavy atom. The van der Waals surface area contributed by atoms with E-state index in [0.717, 1.165) is 50.9 Å². The molecule has 6 nitrogen and oxygen atoms in total. The third-order valence-electron chi connectivity index (χ3n) is 6.71. The Balaban J connectivity index is 1.19. The molecule has 1 amide bonds. The Hall–Kier alpha value is -2.22. The fourth-order valence-corrected chi connectivity index (χ4v) is 6.28. The Kier molecular flexibility index (Phi) is 7.83. The van der Waals surface area contributed by atoms with Gasteiger partial charge in [0.1, 0.15) is 0 Å². The first-order valence-electron chi connectivity index (χ1n) is 12.1. The zero-order chi connectivity index (χ0) is 23.3. The molecule has 2 aromatic rings. The summed E-state index contributed by atoms with van der Waals surface area (Å²) in [5.74, 6) is 0.0703. The van der Waals surface area contributed by atoms with E-state index in [1.165, 1.54) is 11.1 Å². The minimum Gasteiger partial charge on any atom is -0.353 e. The Bertz CT molecular complexity index is 1040. The molecule has 178 valence electrons. The molecular formula is C26H35N3O3S. The molecule has 0 radical (unpaired) electrons. The minimum atomic E-state index is -3.38. The minimum absolute atomic E-state index is 0.0703. The van der Waals surface area contributed by atoms with Gasteiger partial charge in [0.15, 0.2) is 0 Å². The number of likely N-dealkylation sites (tertiary alicyclic amines) is 1. The van der Waals surface area contributed by atoms with E-state index in [2.05, 4.69) is 41.4 Å². The molecule has 33 heavy (non-hydrogen) atoms. The predicted molar refractivity (Wildman–Crippen MR) is 130 cm³/mol. The van der Waals surface area contributed by atoms with E-state index in [0.29, 0.717) is 30.8 Å². The van der Waals surface area contributed by atoms with E-state index in [9.17, 15) is 13.2 Å². The lowest BCUT2D eigenvalue weighted by molar-refractivity contribution is -0.122. The molecule has 1 N–H and O–H groups in total. The quantitative estimate of drug-likeness (QED) is 0.643. The predicted octanol–water partition coefficient (Wildman–Crippen LogP) is 3.49. The summed E-state index contributed by atoms with van der Waals surface area (Å²) in [7, 11) is -3.38. The lowest BCUT2D eigenvalue weighted by atomic mass is 10.0. The van der Waals surface area contributed by atoms with Gasteiger partial charge >= 0.3 is 0 Å². The number of carbonyl (C=O) groups excluding carboxylic acids is 1. The van der Waals surface area contributed by atoms with Crippen molar-refractivity contribution in [3.05, 3.63) is 65.2 Å². The van der Waals surface area contributed by atoms with Crippen LogP contribution in [0.25, 0.3) is 0 Å². The van der Waals surface area contributed by atoms with Crippen LogP contribution in [0.5, 0.6) is 0 Å². The van der Waals surface area contributed by atoms with Gasteiger partial charge in [-0.3, -0.25) is 9.69 Å². The Morgan fingerprint density at radius 1 is 0.970 bits per heavy atom. The van der Waals surface area contributed by atoms with Gasteiger partial charge in [0, 0.05) is 45.2 Å². The molecule has 4 rings (SSSR count). The summed E-state index contributed by atoms with van der Waals surface area (Å²) in [6.45, 7) is 6.28. The van der Waals surface area contributed by atoms with Gasteiger partial charge < -0.3 is 5.32 Å². The number of amides is 1. The maximum Gasteiger partial charge on any atom is 0.243 e. The zero-order valence-electron chi connectivity index (χ0n) is 19.5. The molecular weight excluding hydrogens is 434 g/mol. The second kappa shape index (κ2) is 10.8. The molecule has 2 heterocycles. The normalized spacial score (nSPS) is 18.5. The van der Waals surface area contributed by atoms with Crippen molar-refractivity contribution in [2.75, 3.05) is 26.2 Å². The highest BCUT2D eigenvalue weighted by Gasteiger charge is 2.27. The summed E-state index contributed by atoms with van der Waals surface area (Å²) < 4.78 is 26.8. The number of benzene rings is 2. The molecule has 7 heteroatoms. The van der Waals surface area contributed by atoms with Gasteiger partial charge in [0.2, 0.25) is 15.9 Å². The number of aryl methyl sites for hydroxylation is 2. The fraction of sp³-hybridized carbons (Fsp3) is 0.500. The monoisotopic (exact) mass is 469 g/mol. The van der Waals surface area contributed by atoms with Crippen molar-refractivity contribution in [1.82, 2.24) is 14.5 Å². The van der Waals surface area contributed by atoms with E-state index in [-0.39, 0.29) is 11.9 Å². The van der Waals surface area contributed by atoms with Crippen LogP contribution >= 0.6 is 0 Å². The van der Waals surface area contributed by atoms with Crippen LogP contribution in [0, 0.1) is 6.92 Å².